The van der Waals surface area contributed by atoms with E-state index in [1.807, 2.05) is 36.4 Å². The molecule has 0 amide bonds. The SMILES string of the molecule is [B][C@@H]1O[C@@]2(CO[Si](c3ccccc3)(c3ccccc3)C(C)(C)C)CC(C(F)F)[C@@H]1[C@@H]2OC. The molecule has 4 rings (SSSR count). The third-order valence-electron chi connectivity index (χ3n) is 7.22. The van der Waals surface area contributed by atoms with Crippen molar-refractivity contribution in [2.24, 2.45) is 11.8 Å². The number of alkyl halides is 2. The molecule has 2 aromatic rings. The molecule has 0 aromatic heterocycles. The Morgan fingerprint density at radius 1 is 1.06 bits per heavy atom. The first-order chi connectivity index (χ1) is 15.2. The van der Waals surface area contributed by atoms with Crippen molar-refractivity contribution in [3.8, 4) is 0 Å². The van der Waals surface area contributed by atoms with Crippen molar-refractivity contribution in [1.29, 1.82) is 0 Å². The number of fused-ring (bicyclic) bond motifs is 2. The predicted molar refractivity (Wildman–Crippen MR) is 125 cm³/mol. The number of rotatable bonds is 7. The van der Waals surface area contributed by atoms with Gasteiger partial charge in [0.25, 0.3) is 8.32 Å². The summed E-state index contributed by atoms with van der Waals surface area (Å²) in [5.41, 5.74) is -0.979. The second-order valence-electron chi connectivity index (χ2n) is 10.0. The molecule has 1 saturated carbocycles. The molecule has 170 valence electrons. The van der Waals surface area contributed by atoms with Gasteiger partial charge in [-0.1, -0.05) is 81.4 Å². The fraction of sp³-hybridized carbons (Fsp3) is 0.520. The lowest BCUT2D eigenvalue weighted by molar-refractivity contribution is -0.118. The molecule has 7 heteroatoms. The van der Waals surface area contributed by atoms with Crippen LogP contribution in [0.5, 0.6) is 0 Å². The molecule has 2 aromatic carbocycles. The molecule has 2 radical (unpaired) electrons. The van der Waals surface area contributed by atoms with Crippen molar-refractivity contribution in [3.05, 3.63) is 60.7 Å². The standard InChI is InChI=1S/C25H31BF2O3Si/c1-24(2,3)32(17-11-7-5-8-12-17,18-13-9-6-10-14-18)30-16-25-15-19(23(27)28)20(21(25)29-4)22(26)31-25/h5-14,19-23H,15-16H2,1-4H3/t19?,20-,21+,22-,25-/m1/s1. The summed E-state index contributed by atoms with van der Waals surface area (Å²) in [5, 5.41) is 2.04. The lowest BCUT2D eigenvalue weighted by atomic mass is 9.80. The van der Waals surface area contributed by atoms with Crippen LogP contribution in [-0.2, 0) is 13.9 Å². The Kier molecular flexibility index (Phi) is 6.40. The Morgan fingerprint density at radius 3 is 2.03 bits per heavy atom. The van der Waals surface area contributed by atoms with Crippen LogP contribution >= 0.6 is 0 Å². The third-order valence-corrected chi connectivity index (χ3v) is 12.2. The largest absolute Gasteiger partial charge is 0.404 e. The minimum Gasteiger partial charge on any atom is -0.404 e. The van der Waals surface area contributed by atoms with E-state index >= 15 is 0 Å². The molecule has 3 nitrogen and oxygen atoms in total. The Morgan fingerprint density at radius 2 is 1.59 bits per heavy atom. The smallest absolute Gasteiger partial charge is 0.261 e. The average Bonchev–Trinajstić information content (AvgIpc) is 3.23. The number of hydrogen-bond donors (Lipinski definition) is 0. The van der Waals surface area contributed by atoms with Crippen LogP contribution in [-0.4, -0.2) is 54.0 Å². The van der Waals surface area contributed by atoms with E-state index in [2.05, 4.69) is 45.0 Å². The summed E-state index contributed by atoms with van der Waals surface area (Å²) in [7, 11) is 4.87. The predicted octanol–water partition coefficient (Wildman–Crippen LogP) is 3.74. The first kappa shape index (κ1) is 23.6. The number of methoxy groups -OCH3 is 1. The van der Waals surface area contributed by atoms with Gasteiger partial charge in [0.05, 0.1) is 12.7 Å². The van der Waals surface area contributed by atoms with Crippen LogP contribution < -0.4 is 10.4 Å². The molecule has 2 bridgehead atoms. The van der Waals surface area contributed by atoms with Gasteiger partial charge in [0.15, 0.2) is 0 Å². The third kappa shape index (κ3) is 3.67. The molecule has 2 aliphatic rings. The number of hydrogen-bond acceptors (Lipinski definition) is 3. The lowest BCUT2D eigenvalue weighted by Crippen LogP contribution is -2.68. The van der Waals surface area contributed by atoms with Gasteiger partial charge in [0.2, 0.25) is 6.43 Å². The number of benzene rings is 2. The van der Waals surface area contributed by atoms with Crippen LogP contribution in [0.25, 0.3) is 0 Å². The summed E-state index contributed by atoms with van der Waals surface area (Å²) in [4.78, 5) is 0. The fourth-order valence-electron chi connectivity index (χ4n) is 5.90. The molecule has 1 heterocycles. The zero-order valence-corrected chi connectivity index (χ0v) is 20.1. The Balaban J connectivity index is 1.78. The maximum atomic E-state index is 13.8. The molecule has 1 unspecified atom stereocenters. The molecule has 1 saturated heterocycles. The van der Waals surface area contributed by atoms with Crippen molar-refractivity contribution >= 4 is 26.5 Å². The highest BCUT2D eigenvalue weighted by atomic mass is 28.4. The minimum absolute atomic E-state index is 0.159. The number of ether oxygens (including phenoxy) is 2. The van der Waals surface area contributed by atoms with E-state index in [-0.39, 0.29) is 18.1 Å². The summed E-state index contributed by atoms with van der Waals surface area (Å²) in [5.74, 6) is -1.39. The maximum absolute atomic E-state index is 13.8. The van der Waals surface area contributed by atoms with Crippen molar-refractivity contribution in [2.45, 2.75) is 56.4 Å². The number of halogens is 2. The Labute approximate surface area is 192 Å². The molecular weight excluding hydrogens is 425 g/mol. The fourth-order valence-corrected chi connectivity index (χ4v) is 10.5. The van der Waals surface area contributed by atoms with Crippen molar-refractivity contribution in [3.63, 3.8) is 0 Å². The van der Waals surface area contributed by atoms with Crippen molar-refractivity contribution in [1.82, 2.24) is 0 Å². The molecule has 1 aliphatic heterocycles. The summed E-state index contributed by atoms with van der Waals surface area (Å²) in [6, 6.07) is 19.7. The molecule has 1 aliphatic carbocycles. The zero-order chi connectivity index (χ0) is 23.1. The van der Waals surface area contributed by atoms with E-state index in [9.17, 15) is 8.78 Å². The minimum atomic E-state index is -2.84. The van der Waals surface area contributed by atoms with Gasteiger partial charge in [-0.05, 0) is 21.8 Å². The molecular formula is C25H31BF2O3Si. The van der Waals surface area contributed by atoms with Gasteiger partial charge in [-0.25, -0.2) is 8.78 Å². The quantitative estimate of drug-likeness (QED) is 0.595. The summed E-state index contributed by atoms with van der Waals surface area (Å²) < 4.78 is 46.5. The second kappa shape index (κ2) is 8.67. The first-order valence-electron chi connectivity index (χ1n) is 11.2. The van der Waals surface area contributed by atoms with Gasteiger partial charge in [-0.3, -0.25) is 0 Å². The highest BCUT2D eigenvalue weighted by Crippen LogP contribution is 2.54. The van der Waals surface area contributed by atoms with Gasteiger partial charge in [0, 0.05) is 24.9 Å². The molecule has 5 atom stereocenters. The van der Waals surface area contributed by atoms with Crippen LogP contribution in [0.1, 0.15) is 27.2 Å². The highest BCUT2D eigenvalue weighted by Gasteiger charge is 2.66. The lowest BCUT2D eigenvalue weighted by Gasteiger charge is -2.45. The molecule has 2 fully saturated rings. The average molecular weight is 456 g/mol. The monoisotopic (exact) mass is 456 g/mol. The van der Waals surface area contributed by atoms with E-state index in [1.165, 1.54) is 0 Å². The van der Waals surface area contributed by atoms with Gasteiger partial charge in [0.1, 0.15) is 13.4 Å². The highest BCUT2D eigenvalue weighted by molar-refractivity contribution is 6.99. The Bertz CT molecular complexity index is 869. The molecule has 0 spiro atoms. The van der Waals surface area contributed by atoms with E-state index in [0.29, 0.717) is 0 Å². The van der Waals surface area contributed by atoms with Gasteiger partial charge < -0.3 is 13.9 Å². The summed E-state index contributed by atoms with van der Waals surface area (Å²) in [6.07, 6.45) is -2.81. The van der Waals surface area contributed by atoms with Gasteiger partial charge >= 0.3 is 0 Å². The molecule has 0 N–H and O–H groups in total. The maximum Gasteiger partial charge on any atom is 0.261 e. The van der Waals surface area contributed by atoms with Crippen LogP contribution in [0.2, 0.25) is 5.04 Å². The molecule has 32 heavy (non-hydrogen) atoms. The van der Waals surface area contributed by atoms with Gasteiger partial charge in [-0.15, -0.1) is 0 Å². The van der Waals surface area contributed by atoms with Crippen molar-refractivity contribution < 1.29 is 22.7 Å². The van der Waals surface area contributed by atoms with E-state index in [4.69, 9.17) is 21.7 Å². The van der Waals surface area contributed by atoms with E-state index in [0.717, 1.165) is 10.4 Å². The summed E-state index contributed by atoms with van der Waals surface area (Å²) in [6.45, 7) is 6.72. The van der Waals surface area contributed by atoms with Crippen LogP contribution in [0.15, 0.2) is 60.7 Å². The summed E-state index contributed by atoms with van der Waals surface area (Å²) >= 11 is 0. The Hall–Kier alpha value is -1.54. The van der Waals surface area contributed by atoms with Crippen LogP contribution in [0.3, 0.4) is 0 Å². The van der Waals surface area contributed by atoms with E-state index < -0.39 is 44.3 Å². The van der Waals surface area contributed by atoms with Crippen molar-refractivity contribution in [2.75, 3.05) is 13.7 Å². The van der Waals surface area contributed by atoms with Crippen LogP contribution in [0.4, 0.5) is 8.78 Å². The second-order valence-corrected chi connectivity index (χ2v) is 14.3. The topological polar surface area (TPSA) is 27.7 Å². The zero-order valence-electron chi connectivity index (χ0n) is 19.1. The normalized spacial score (nSPS) is 30.2. The van der Waals surface area contributed by atoms with E-state index in [1.54, 1.807) is 7.11 Å². The van der Waals surface area contributed by atoms with Crippen LogP contribution in [0, 0.1) is 11.8 Å². The first-order valence-corrected chi connectivity index (χ1v) is 13.1. The van der Waals surface area contributed by atoms with Gasteiger partial charge in [-0.2, -0.15) is 0 Å².